The number of guanidine groups is 1. The van der Waals surface area contributed by atoms with Crippen LogP contribution in [0.3, 0.4) is 0 Å². The number of para-hydroxylation sites is 2. The Morgan fingerprint density at radius 3 is 2.93 bits per heavy atom. The first kappa shape index (κ1) is 23.4. The molecular weight excluding hydrogens is 493 g/mol. The third kappa shape index (κ3) is 5.70. The fourth-order valence-corrected chi connectivity index (χ4v) is 4.69. The highest BCUT2D eigenvalue weighted by atomic mass is 127. The zero-order valence-electron chi connectivity index (χ0n) is 18.2. The molecule has 3 atom stereocenters. The molecule has 8 heteroatoms. The van der Waals surface area contributed by atoms with Crippen molar-refractivity contribution in [3.05, 3.63) is 24.3 Å². The summed E-state index contributed by atoms with van der Waals surface area (Å²) >= 11 is 0. The van der Waals surface area contributed by atoms with Crippen molar-refractivity contribution < 1.29 is 9.47 Å². The lowest BCUT2D eigenvalue weighted by molar-refractivity contribution is -0.0432. The number of anilines is 1. The summed E-state index contributed by atoms with van der Waals surface area (Å²) in [6.07, 6.45) is 3.87. The lowest BCUT2D eigenvalue weighted by Crippen LogP contribution is -2.48. The van der Waals surface area contributed by atoms with Crippen molar-refractivity contribution in [3.8, 4) is 5.75 Å². The second-order valence-corrected chi connectivity index (χ2v) is 8.21. The van der Waals surface area contributed by atoms with Gasteiger partial charge in [0.05, 0.1) is 32.1 Å². The molecule has 7 nitrogen and oxygen atoms in total. The molecule has 2 N–H and O–H groups in total. The maximum absolute atomic E-state index is 6.06. The molecule has 4 rings (SSSR count). The molecule has 0 amide bonds. The average Bonchev–Trinajstić information content (AvgIpc) is 3.41. The van der Waals surface area contributed by atoms with Crippen molar-refractivity contribution in [1.82, 2.24) is 15.5 Å². The van der Waals surface area contributed by atoms with E-state index in [0.717, 1.165) is 56.6 Å². The molecule has 3 aliphatic rings. The second-order valence-electron chi connectivity index (χ2n) is 8.21. The van der Waals surface area contributed by atoms with Gasteiger partial charge in [0.15, 0.2) is 5.96 Å². The zero-order valence-corrected chi connectivity index (χ0v) is 20.5. The van der Waals surface area contributed by atoms with Gasteiger partial charge in [0.2, 0.25) is 0 Å². The molecule has 3 saturated heterocycles. The number of nitrogens with one attached hydrogen (secondary N) is 2. The normalized spacial score (nSPS) is 26.8. The number of morpholine rings is 1. The predicted octanol–water partition coefficient (Wildman–Crippen LogP) is 2.31. The fourth-order valence-electron chi connectivity index (χ4n) is 4.69. The Hall–Kier alpha value is -1.26. The Bertz CT molecular complexity index is 704. The number of hydrogen-bond donors (Lipinski definition) is 2. The summed E-state index contributed by atoms with van der Waals surface area (Å²) in [4.78, 5) is 9.81. The summed E-state index contributed by atoms with van der Waals surface area (Å²) in [5, 5.41) is 7.03. The molecular formula is C22H36IN5O2. The minimum atomic E-state index is 0. The topological polar surface area (TPSA) is 61.4 Å². The number of aliphatic imine (C=N–C) groups is 1. The van der Waals surface area contributed by atoms with E-state index in [4.69, 9.17) is 14.5 Å². The zero-order chi connectivity index (χ0) is 20.1. The number of rotatable bonds is 6. The van der Waals surface area contributed by atoms with Crippen LogP contribution in [0.15, 0.2) is 29.3 Å². The molecule has 0 aliphatic carbocycles. The molecule has 30 heavy (non-hydrogen) atoms. The van der Waals surface area contributed by atoms with Gasteiger partial charge in [-0.15, -0.1) is 24.0 Å². The number of methoxy groups -OCH3 is 1. The van der Waals surface area contributed by atoms with Crippen molar-refractivity contribution in [1.29, 1.82) is 0 Å². The van der Waals surface area contributed by atoms with Gasteiger partial charge in [-0.25, -0.2) is 0 Å². The van der Waals surface area contributed by atoms with Crippen LogP contribution in [-0.4, -0.2) is 82.0 Å². The third-order valence-corrected chi connectivity index (χ3v) is 6.21. The van der Waals surface area contributed by atoms with E-state index in [1.807, 2.05) is 12.1 Å². The molecule has 1 aromatic rings. The fraction of sp³-hybridized carbons (Fsp3) is 0.682. The van der Waals surface area contributed by atoms with E-state index >= 15 is 0 Å². The molecule has 1 aromatic carbocycles. The quantitative estimate of drug-likeness (QED) is 0.335. The van der Waals surface area contributed by atoms with Crippen LogP contribution in [0.4, 0.5) is 5.69 Å². The van der Waals surface area contributed by atoms with Gasteiger partial charge in [-0.3, -0.25) is 9.89 Å². The number of ether oxygens (including phenoxy) is 2. The molecule has 3 aliphatic heterocycles. The van der Waals surface area contributed by atoms with Crippen LogP contribution in [-0.2, 0) is 4.74 Å². The Morgan fingerprint density at radius 2 is 2.10 bits per heavy atom. The molecule has 168 valence electrons. The van der Waals surface area contributed by atoms with E-state index in [2.05, 4.69) is 39.5 Å². The molecule has 0 aromatic heterocycles. The SMILES string of the molecule is CCNC(=NCC1CN2CCCC2CO1)NC1CCN(c2ccccc2OC)C1.I. The highest BCUT2D eigenvalue weighted by Gasteiger charge is 2.32. The number of halogens is 1. The van der Waals surface area contributed by atoms with Gasteiger partial charge in [-0.05, 0) is 44.9 Å². The van der Waals surface area contributed by atoms with Crippen molar-refractivity contribution in [2.45, 2.75) is 44.4 Å². The van der Waals surface area contributed by atoms with Gasteiger partial charge in [-0.1, -0.05) is 12.1 Å². The molecule has 3 fully saturated rings. The van der Waals surface area contributed by atoms with Gasteiger partial charge < -0.3 is 25.0 Å². The summed E-state index contributed by atoms with van der Waals surface area (Å²) in [7, 11) is 1.73. The third-order valence-electron chi connectivity index (χ3n) is 6.21. The van der Waals surface area contributed by atoms with E-state index in [9.17, 15) is 0 Å². The predicted molar refractivity (Wildman–Crippen MR) is 132 cm³/mol. The Labute approximate surface area is 197 Å². The Balaban J connectivity index is 0.00000256. The average molecular weight is 529 g/mol. The number of hydrogen-bond acceptors (Lipinski definition) is 5. The summed E-state index contributed by atoms with van der Waals surface area (Å²) in [6, 6.07) is 9.25. The standard InChI is InChI=1S/C22H35N5O2.HI/c1-3-23-22(24-13-19-15-26-11-6-7-18(26)16-29-19)25-17-10-12-27(14-17)20-8-4-5-9-21(20)28-2;/h4-5,8-9,17-19H,3,6-7,10-16H2,1-2H3,(H2,23,24,25);1H. The molecule has 0 saturated carbocycles. The van der Waals surface area contributed by atoms with Gasteiger partial charge in [0, 0.05) is 38.3 Å². The largest absolute Gasteiger partial charge is 0.495 e. The number of benzene rings is 1. The van der Waals surface area contributed by atoms with Crippen molar-refractivity contribution in [2.24, 2.45) is 4.99 Å². The first-order chi connectivity index (χ1) is 14.3. The summed E-state index contributed by atoms with van der Waals surface area (Å²) in [5.41, 5.74) is 1.16. The van der Waals surface area contributed by atoms with Gasteiger partial charge in [-0.2, -0.15) is 0 Å². The van der Waals surface area contributed by atoms with E-state index in [-0.39, 0.29) is 30.1 Å². The van der Waals surface area contributed by atoms with Crippen molar-refractivity contribution >= 4 is 35.6 Å². The van der Waals surface area contributed by atoms with Crippen LogP contribution in [0.2, 0.25) is 0 Å². The molecule has 3 unspecified atom stereocenters. The lowest BCUT2D eigenvalue weighted by Gasteiger charge is -2.34. The van der Waals surface area contributed by atoms with Gasteiger partial charge in [0.25, 0.3) is 0 Å². The summed E-state index contributed by atoms with van der Waals surface area (Å²) in [5.74, 6) is 1.83. The van der Waals surface area contributed by atoms with Crippen molar-refractivity contribution in [3.63, 3.8) is 0 Å². The van der Waals surface area contributed by atoms with Gasteiger partial charge >= 0.3 is 0 Å². The second kappa shape index (κ2) is 11.4. The highest BCUT2D eigenvalue weighted by Crippen LogP contribution is 2.30. The number of fused-ring (bicyclic) bond motifs is 1. The van der Waals surface area contributed by atoms with Crippen LogP contribution < -0.4 is 20.3 Å². The monoisotopic (exact) mass is 529 g/mol. The first-order valence-electron chi connectivity index (χ1n) is 11.0. The van der Waals surface area contributed by atoms with Crippen LogP contribution in [0.1, 0.15) is 26.2 Å². The van der Waals surface area contributed by atoms with Crippen LogP contribution in [0, 0.1) is 0 Å². The summed E-state index contributed by atoms with van der Waals surface area (Å²) in [6.45, 7) is 8.72. The van der Waals surface area contributed by atoms with E-state index < -0.39 is 0 Å². The van der Waals surface area contributed by atoms with Gasteiger partial charge in [0.1, 0.15) is 5.75 Å². The molecule has 0 radical (unpaired) electrons. The molecule has 0 spiro atoms. The Morgan fingerprint density at radius 1 is 1.23 bits per heavy atom. The molecule has 3 heterocycles. The minimum absolute atomic E-state index is 0. The van der Waals surface area contributed by atoms with E-state index in [1.54, 1.807) is 7.11 Å². The minimum Gasteiger partial charge on any atom is -0.495 e. The van der Waals surface area contributed by atoms with Crippen LogP contribution in [0.25, 0.3) is 0 Å². The van der Waals surface area contributed by atoms with E-state index in [0.29, 0.717) is 18.6 Å². The molecule has 0 bridgehead atoms. The number of nitrogens with zero attached hydrogens (tertiary/aromatic N) is 3. The van der Waals surface area contributed by atoms with Crippen LogP contribution >= 0.6 is 24.0 Å². The first-order valence-corrected chi connectivity index (χ1v) is 11.0. The maximum atomic E-state index is 6.06. The maximum Gasteiger partial charge on any atom is 0.191 e. The Kier molecular flexibility index (Phi) is 8.88. The van der Waals surface area contributed by atoms with Crippen molar-refractivity contribution in [2.75, 3.05) is 57.9 Å². The highest BCUT2D eigenvalue weighted by molar-refractivity contribution is 14.0. The smallest absolute Gasteiger partial charge is 0.191 e. The lowest BCUT2D eigenvalue weighted by atomic mass is 10.2. The summed E-state index contributed by atoms with van der Waals surface area (Å²) < 4.78 is 11.6. The van der Waals surface area contributed by atoms with Crippen LogP contribution in [0.5, 0.6) is 5.75 Å². The van der Waals surface area contributed by atoms with E-state index in [1.165, 1.54) is 19.4 Å².